The summed E-state index contributed by atoms with van der Waals surface area (Å²) in [5, 5.41) is 0. The normalized spacial score (nSPS) is 18.0. The van der Waals surface area contributed by atoms with Crippen LogP contribution in [-0.2, 0) is 4.79 Å². The molecule has 0 saturated carbocycles. The van der Waals surface area contributed by atoms with Crippen LogP contribution in [0.15, 0.2) is 48.5 Å². The zero-order chi connectivity index (χ0) is 17.3. The molecule has 0 aromatic heterocycles. The summed E-state index contributed by atoms with van der Waals surface area (Å²) in [6.07, 6.45) is 0. The van der Waals surface area contributed by atoms with Gasteiger partial charge in [0.1, 0.15) is 11.9 Å². The highest BCUT2D eigenvalue weighted by atomic mass is 19.1. The quantitative estimate of drug-likeness (QED) is 0.851. The number of nitrogens with zero attached hydrogens (tertiary/aromatic N) is 2. The monoisotopic (exact) mass is 326 g/mol. The molecule has 0 N–H and O–H groups in total. The second-order valence-corrected chi connectivity index (χ2v) is 5.96. The zero-order valence-electron chi connectivity index (χ0n) is 13.7. The Bertz CT molecular complexity index is 776. The van der Waals surface area contributed by atoms with E-state index >= 15 is 0 Å². The van der Waals surface area contributed by atoms with E-state index < -0.39 is 6.04 Å². The molecule has 0 radical (unpaired) electrons. The number of piperazine rings is 1. The van der Waals surface area contributed by atoms with E-state index in [-0.39, 0.29) is 17.6 Å². The molecule has 0 bridgehead atoms. The first-order chi connectivity index (χ1) is 11.5. The molecule has 5 heteroatoms. The molecule has 2 aromatic carbocycles. The summed E-state index contributed by atoms with van der Waals surface area (Å²) in [4.78, 5) is 28.4. The van der Waals surface area contributed by atoms with Gasteiger partial charge in [0.25, 0.3) is 5.91 Å². The third kappa shape index (κ3) is 2.89. The van der Waals surface area contributed by atoms with Crippen LogP contribution in [0.5, 0.6) is 0 Å². The lowest BCUT2D eigenvalue weighted by Crippen LogP contribution is -2.57. The second kappa shape index (κ2) is 6.43. The smallest absolute Gasteiger partial charge is 0.254 e. The van der Waals surface area contributed by atoms with Crippen molar-refractivity contribution in [2.75, 3.05) is 18.0 Å². The minimum atomic E-state index is -0.587. The maximum absolute atomic E-state index is 13.8. The van der Waals surface area contributed by atoms with Crippen molar-refractivity contribution in [3.8, 4) is 0 Å². The summed E-state index contributed by atoms with van der Waals surface area (Å²) >= 11 is 0. The molecule has 3 rings (SSSR count). The van der Waals surface area contributed by atoms with E-state index in [1.165, 1.54) is 6.07 Å². The number of hydrogen-bond acceptors (Lipinski definition) is 2. The number of aryl methyl sites for hydroxylation is 1. The maximum Gasteiger partial charge on any atom is 0.254 e. The van der Waals surface area contributed by atoms with Gasteiger partial charge < -0.3 is 9.80 Å². The van der Waals surface area contributed by atoms with Crippen molar-refractivity contribution in [1.82, 2.24) is 4.90 Å². The van der Waals surface area contributed by atoms with E-state index in [1.807, 2.05) is 6.07 Å². The molecule has 0 unspecified atom stereocenters. The predicted octanol–water partition coefficient (Wildman–Crippen LogP) is 3.01. The number of hydrogen-bond donors (Lipinski definition) is 0. The predicted molar refractivity (Wildman–Crippen MR) is 90.4 cm³/mol. The third-order valence-corrected chi connectivity index (χ3v) is 4.40. The minimum absolute atomic E-state index is 0.161. The SMILES string of the molecule is Cc1ccc(N2CCN(C(=O)c3ccccc3)[C@H](C)C2=O)cc1F. The Labute approximate surface area is 140 Å². The Morgan fingerprint density at radius 1 is 1.12 bits per heavy atom. The van der Waals surface area contributed by atoms with Gasteiger partial charge in [-0.25, -0.2) is 4.39 Å². The van der Waals surface area contributed by atoms with Crippen LogP contribution in [0.4, 0.5) is 10.1 Å². The van der Waals surface area contributed by atoms with Gasteiger partial charge in [0.05, 0.1) is 0 Å². The molecule has 1 fully saturated rings. The number of carbonyl (C=O) groups is 2. The van der Waals surface area contributed by atoms with Crippen LogP contribution in [0.25, 0.3) is 0 Å². The Balaban J connectivity index is 1.81. The van der Waals surface area contributed by atoms with E-state index in [0.717, 1.165) is 0 Å². The lowest BCUT2D eigenvalue weighted by Gasteiger charge is -2.39. The highest BCUT2D eigenvalue weighted by molar-refractivity contribution is 6.03. The van der Waals surface area contributed by atoms with Gasteiger partial charge in [-0.15, -0.1) is 0 Å². The molecule has 4 nitrogen and oxygen atoms in total. The van der Waals surface area contributed by atoms with Crippen molar-refractivity contribution in [3.63, 3.8) is 0 Å². The summed E-state index contributed by atoms with van der Waals surface area (Å²) in [6, 6.07) is 13.1. The number of halogens is 1. The molecule has 1 heterocycles. The van der Waals surface area contributed by atoms with Gasteiger partial charge in [0.15, 0.2) is 0 Å². The van der Waals surface area contributed by atoms with Gasteiger partial charge in [0, 0.05) is 24.3 Å². The first-order valence-electron chi connectivity index (χ1n) is 7.92. The van der Waals surface area contributed by atoms with Crippen molar-refractivity contribution in [2.24, 2.45) is 0 Å². The van der Waals surface area contributed by atoms with Gasteiger partial charge in [-0.2, -0.15) is 0 Å². The molecule has 2 amide bonds. The molecule has 1 aliphatic heterocycles. The van der Waals surface area contributed by atoms with E-state index in [0.29, 0.717) is 29.9 Å². The summed E-state index contributed by atoms with van der Waals surface area (Å²) in [7, 11) is 0. The zero-order valence-corrected chi connectivity index (χ0v) is 13.7. The van der Waals surface area contributed by atoms with Crippen LogP contribution in [0.1, 0.15) is 22.8 Å². The van der Waals surface area contributed by atoms with E-state index in [2.05, 4.69) is 0 Å². The van der Waals surface area contributed by atoms with Crippen LogP contribution >= 0.6 is 0 Å². The topological polar surface area (TPSA) is 40.6 Å². The largest absolute Gasteiger partial charge is 0.325 e. The van der Waals surface area contributed by atoms with Crippen molar-refractivity contribution in [2.45, 2.75) is 19.9 Å². The fourth-order valence-electron chi connectivity index (χ4n) is 2.90. The summed E-state index contributed by atoms with van der Waals surface area (Å²) in [5.41, 5.74) is 1.63. The summed E-state index contributed by atoms with van der Waals surface area (Å²) in [5.74, 6) is -0.698. The lowest BCUT2D eigenvalue weighted by atomic mass is 10.1. The van der Waals surface area contributed by atoms with E-state index in [4.69, 9.17) is 0 Å². The fraction of sp³-hybridized carbons (Fsp3) is 0.263. The van der Waals surface area contributed by atoms with Crippen molar-refractivity contribution in [3.05, 3.63) is 65.5 Å². The number of amides is 2. The molecule has 0 spiro atoms. The van der Waals surface area contributed by atoms with E-state index in [9.17, 15) is 14.0 Å². The number of carbonyl (C=O) groups excluding carboxylic acids is 2. The van der Waals surface area contributed by atoms with Gasteiger partial charge in [-0.3, -0.25) is 9.59 Å². The second-order valence-electron chi connectivity index (χ2n) is 5.96. The van der Waals surface area contributed by atoms with Gasteiger partial charge >= 0.3 is 0 Å². The van der Waals surface area contributed by atoms with E-state index in [1.54, 1.807) is 60.0 Å². The molecule has 124 valence electrons. The average Bonchev–Trinajstić information content (AvgIpc) is 2.60. The first kappa shape index (κ1) is 16.2. The standard InChI is InChI=1S/C19H19FN2O2/c1-13-8-9-16(12-17(13)20)22-11-10-21(14(2)18(22)23)19(24)15-6-4-3-5-7-15/h3-9,12,14H,10-11H2,1-2H3/t14-/m1/s1. The van der Waals surface area contributed by atoms with Crippen LogP contribution in [0.2, 0.25) is 0 Å². The molecular weight excluding hydrogens is 307 g/mol. The van der Waals surface area contributed by atoms with Crippen molar-refractivity contribution >= 4 is 17.5 Å². The molecule has 1 saturated heterocycles. The Hall–Kier alpha value is -2.69. The van der Waals surface area contributed by atoms with Crippen LogP contribution in [-0.4, -0.2) is 35.8 Å². The van der Waals surface area contributed by atoms with Crippen molar-refractivity contribution in [1.29, 1.82) is 0 Å². The van der Waals surface area contributed by atoms with Crippen LogP contribution in [0.3, 0.4) is 0 Å². The third-order valence-electron chi connectivity index (χ3n) is 4.40. The lowest BCUT2D eigenvalue weighted by molar-refractivity contribution is -0.124. The van der Waals surface area contributed by atoms with Crippen molar-refractivity contribution < 1.29 is 14.0 Å². The number of benzene rings is 2. The minimum Gasteiger partial charge on any atom is -0.325 e. The average molecular weight is 326 g/mol. The highest BCUT2D eigenvalue weighted by Gasteiger charge is 2.35. The van der Waals surface area contributed by atoms with Gasteiger partial charge in [-0.05, 0) is 43.7 Å². The molecular formula is C19H19FN2O2. The Morgan fingerprint density at radius 2 is 1.83 bits per heavy atom. The fourth-order valence-corrected chi connectivity index (χ4v) is 2.90. The first-order valence-corrected chi connectivity index (χ1v) is 7.92. The Morgan fingerprint density at radius 3 is 2.50 bits per heavy atom. The summed E-state index contributed by atoms with van der Waals surface area (Å²) < 4.78 is 13.8. The Kier molecular flexibility index (Phi) is 4.34. The summed E-state index contributed by atoms with van der Waals surface area (Å²) in [6.45, 7) is 4.15. The molecule has 2 aromatic rings. The number of anilines is 1. The maximum atomic E-state index is 13.8. The van der Waals surface area contributed by atoms with Gasteiger partial charge in [-0.1, -0.05) is 24.3 Å². The molecule has 24 heavy (non-hydrogen) atoms. The highest BCUT2D eigenvalue weighted by Crippen LogP contribution is 2.23. The van der Waals surface area contributed by atoms with Crippen LogP contribution in [0, 0.1) is 12.7 Å². The van der Waals surface area contributed by atoms with Crippen LogP contribution < -0.4 is 4.90 Å². The molecule has 0 aliphatic carbocycles. The van der Waals surface area contributed by atoms with Gasteiger partial charge in [0.2, 0.25) is 5.91 Å². The number of rotatable bonds is 2. The molecule has 1 atom stereocenters. The molecule has 1 aliphatic rings.